The fraction of sp³-hybridized carbons (Fsp3) is 0.333. The molecule has 2 aromatic rings. The molecule has 3 nitrogen and oxygen atoms in total. The normalized spacial score (nSPS) is 20.0. The lowest BCUT2D eigenvalue weighted by molar-refractivity contribution is 0.310. The second-order valence-electron chi connectivity index (χ2n) is 5.16. The monoisotopic (exact) mass is 276 g/mol. The predicted molar refractivity (Wildman–Crippen MR) is 76.9 cm³/mol. The van der Waals surface area contributed by atoms with E-state index in [9.17, 15) is 5.11 Å². The third-order valence-electron chi connectivity index (χ3n) is 3.80. The van der Waals surface area contributed by atoms with Crippen LogP contribution >= 0.6 is 11.6 Å². The minimum absolute atomic E-state index is 0.169. The van der Waals surface area contributed by atoms with E-state index >= 15 is 0 Å². The van der Waals surface area contributed by atoms with Crippen molar-refractivity contribution in [2.24, 2.45) is 0 Å². The highest BCUT2D eigenvalue weighted by Gasteiger charge is 2.23. The largest absolute Gasteiger partial charge is 0.506 e. The molecule has 1 aromatic heterocycles. The van der Waals surface area contributed by atoms with Crippen molar-refractivity contribution >= 4 is 11.6 Å². The van der Waals surface area contributed by atoms with Gasteiger partial charge in [0, 0.05) is 25.5 Å². The van der Waals surface area contributed by atoms with Crippen LogP contribution in [-0.2, 0) is 6.42 Å². The fourth-order valence-electron chi connectivity index (χ4n) is 2.75. The highest BCUT2D eigenvalue weighted by molar-refractivity contribution is 6.32. The molecule has 0 amide bonds. The quantitative estimate of drug-likeness (QED) is 0.867. The summed E-state index contributed by atoms with van der Waals surface area (Å²) in [6, 6.07) is 8.00. The lowest BCUT2D eigenvalue weighted by Gasteiger charge is -2.23. The molecule has 1 aliphatic rings. The number of fused-ring (bicyclic) bond motifs is 1. The first-order valence-corrected chi connectivity index (χ1v) is 6.85. The summed E-state index contributed by atoms with van der Waals surface area (Å²) < 4.78 is 2.19. The summed E-state index contributed by atoms with van der Waals surface area (Å²) in [7, 11) is 2.13. The number of benzene rings is 1. The highest BCUT2D eigenvalue weighted by Crippen LogP contribution is 2.34. The summed E-state index contributed by atoms with van der Waals surface area (Å²) in [5.41, 5.74) is 2.40. The second-order valence-corrected chi connectivity index (χ2v) is 5.57. The van der Waals surface area contributed by atoms with Gasteiger partial charge in [0.2, 0.25) is 0 Å². The van der Waals surface area contributed by atoms with Gasteiger partial charge in [-0.05, 0) is 48.9 Å². The maximum absolute atomic E-state index is 9.89. The van der Waals surface area contributed by atoms with Crippen LogP contribution in [0, 0.1) is 0 Å². The van der Waals surface area contributed by atoms with E-state index in [1.165, 1.54) is 11.1 Å². The van der Waals surface area contributed by atoms with E-state index in [-0.39, 0.29) is 11.8 Å². The lowest BCUT2D eigenvalue weighted by atomic mass is 9.99. The maximum Gasteiger partial charge on any atom is 0.134 e. The van der Waals surface area contributed by atoms with E-state index in [0.717, 1.165) is 19.5 Å². The zero-order valence-corrected chi connectivity index (χ0v) is 11.6. The van der Waals surface area contributed by atoms with Gasteiger partial charge in [-0.2, -0.15) is 0 Å². The van der Waals surface area contributed by atoms with Gasteiger partial charge in [-0.1, -0.05) is 11.6 Å². The summed E-state index contributed by atoms with van der Waals surface area (Å²) in [4.78, 5) is 2.32. The summed E-state index contributed by atoms with van der Waals surface area (Å²) >= 11 is 6.04. The van der Waals surface area contributed by atoms with Crippen molar-refractivity contribution in [3.8, 4) is 5.75 Å². The Hall–Kier alpha value is -1.45. The summed E-state index contributed by atoms with van der Waals surface area (Å²) in [6.45, 7) is 1.94. The van der Waals surface area contributed by atoms with Gasteiger partial charge in [0.1, 0.15) is 5.75 Å². The van der Waals surface area contributed by atoms with Crippen LogP contribution in [0.25, 0.3) is 0 Å². The molecule has 0 saturated heterocycles. The first kappa shape index (κ1) is 12.6. The third-order valence-corrected chi connectivity index (χ3v) is 4.11. The lowest BCUT2D eigenvalue weighted by Crippen LogP contribution is -2.26. The van der Waals surface area contributed by atoms with Gasteiger partial charge in [-0.3, -0.25) is 0 Å². The minimum atomic E-state index is 0.169. The predicted octanol–water partition coefficient (Wildman–Crippen LogP) is 2.92. The average Bonchev–Trinajstić information content (AvgIpc) is 2.86. The Bertz CT molecular complexity index is 580. The molecule has 1 atom stereocenters. The summed E-state index contributed by atoms with van der Waals surface area (Å²) in [5, 5.41) is 10.3. The smallest absolute Gasteiger partial charge is 0.134 e. The second kappa shape index (κ2) is 4.91. The Morgan fingerprint density at radius 1 is 1.26 bits per heavy atom. The molecule has 0 fully saturated rings. The summed E-state index contributed by atoms with van der Waals surface area (Å²) in [6.07, 6.45) is 5.10. The molecule has 1 aliphatic heterocycles. The number of phenolic OH excluding ortho intramolecular Hbond substituents is 1. The molecule has 3 rings (SSSR count). The number of aromatic hydroxyl groups is 1. The van der Waals surface area contributed by atoms with Crippen LogP contribution in [0.4, 0.5) is 0 Å². The number of hydrogen-bond donors (Lipinski definition) is 1. The molecule has 2 heterocycles. The van der Waals surface area contributed by atoms with Crippen LogP contribution in [0.2, 0.25) is 5.02 Å². The van der Waals surface area contributed by atoms with Crippen LogP contribution in [0.3, 0.4) is 0 Å². The number of nitrogens with zero attached hydrogens (tertiary/aromatic N) is 2. The SMILES string of the molecule is CN1CCc2cc(Cl)c(O)cc2C(n2cccc2)C1. The van der Waals surface area contributed by atoms with E-state index in [1.807, 2.05) is 24.3 Å². The van der Waals surface area contributed by atoms with Crippen molar-refractivity contribution in [1.82, 2.24) is 9.47 Å². The standard InChI is InChI=1S/C15H17ClN2O/c1-17-7-4-11-8-13(16)15(19)9-12(11)14(10-17)18-5-2-3-6-18/h2-3,5-6,8-9,14,19H,4,7,10H2,1H3. The van der Waals surface area contributed by atoms with Crippen molar-refractivity contribution in [2.75, 3.05) is 20.1 Å². The molecule has 1 unspecified atom stereocenters. The first-order chi connectivity index (χ1) is 9.15. The molecular weight excluding hydrogens is 260 g/mol. The average molecular weight is 277 g/mol. The Morgan fingerprint density at radius 2 is 2.00 bits per heavy atom. The van der Waals surface area contributed by atoms with Crippen molar-refractivity contribution in [2.45, 2.75) is 12.5 Å². The number of aromatic nitrogens is 1. The van der Waals surface area contributed by atoms with E-state index in [1.54, 1.807) is 0 Å². The van der Waals surface area contributed by atoms with Gasteiger partial charge >= 0.3 is 0 Å². The fourth-order valence-corrected chi connectivity index (χ4v) is 2.94. The Kier molecular flexibility index (Phi) is 3.25. The van der Waals surface area contributed by atoms with Gasteiger partial charge in [0.25, 0.3) is 0 Å². The molecule has 19 heavy (non-hydrogen) atoms. The highest BCUT2D eigenvalue weighted by atomic mass is 35.5. The van der Waals surface area contributed by atoms with E-state index < -0.39 is 0 Å². The third kappa shape index (κ3) is 2.36. The van der Waals surface area contributed by atoms with E-state index in [0.29, 0.717) is 5.02 Å². The van der Waals surface area contributed by atoms with Crippen molar-refractivity contribution in [3.05, 3.63) is 52.8 Å². The van der Waals surface area contributed by atoms with Gasteiger partial charge in [-0.15, -0.1) is 0 Å². The van der Waals surface area contributed by atoms with Crippen LogP contribution in [0.15, 0.2) is 36.7 Å². The summed E-state index contributed by atoms with van der Waals surface area (Å²) in [5.74, 6) is 0.169. The number of likely N-dealkylation sites (N-methyl/N-ethyl adjacent to an activating group) is 1. The van der Waals surface area contributed by atoms with Crippen molar-refractivity contribution in [3.63, 3.8) is 0 Å². The Balaban J connectivity index is 2.12. The Labute approximate surface area is 118 Å². The van der Waals surface area contributed by atoms with E-state index in [4.69, 9.17) is 11.6 Å². The van der Waals surface area contributed by atoms with Crippen LogP contribution in [-0.4, -0.2) is 34.7 Å². The molecule has 0 saturated carbocycles. The zero-order chi connectivity index (χ0) is 13.4. The molecule has 0 radical (unpaired) electrons. The van der Waals surface area contributed by atoms with Gasteiger partial charge < -0.3 is 14.6 Å². The van der Waals surface area contributed by atoms with Crippen LogP contribution < -0.4 is 0 Å². The Morgan fingerprint density at radius 3 is 2.74 bits per heavy atom. The molecule has 1 aromatic carbocycles. The first-order valence-electron chi connectivity index (χ1n) is 6.47. The topological polar surface area (TPSA) is 28.4 Å². The van der Waals surface area contributed by atoms with E-state index in [2.05, 4.69) is 28.9 Å². The number of hydrogen-bond acceptors (Lipinski definition) is 2. The van der Waals surface area contributed by atoms with Gasteiger partial charge in [0.05, 0.1) is 11.1 Å². The maximum atomic E-state index is 9.89. The van der Waals surface area contributed by atoms with Gasteiger partial charge in [0.15, 0.2) is 0 Å². The van der Waals surface area contributed by atoms with Crippen LogP contribution in [0.1, 0.15) is 17.2 Å². The molecular formula is C15H17ClN2O. The number of halogens is 1. The molecule has 100 valence electrons. The number of rotatable bonds is 1. The number of phenols is 1. The van der Waals surface area contributed by atoms with Crippen LogP contribution in [0.5, 0.6) is 5.75 Å². The van der Waals surface area contributed by atoms with Crippen molar-refractivity contribution < 1.29 is 5.11 Å². The molecule has 0 aliphatic carbocycles. The zero-order valence-electron chi connectivity index (χ0n) is 10.9. The molecule has 4 heteroatoms. The molecule has 0 bridgehead atoms. The van der Waals surface area contributed by atoms with Gasteiger partial charge in [-0.25, -0.2) is 0 Å². The minimum Gasteiger partial charge on any atom is -0.506 e. The van der Waals surface area contributed by atoms with Crippen molar-refractivity contribution in [1.29, 1.82) is 0 Å². The molecule has 1 N–H and O–H groups in total. The molecule has 0 spiro atoms.